The number of hydrogen-bond acceptors (Lipinski definition) is 6. The van der Waals surface area contributed by atoms with E-state index in [9.17, 15) is 17.6 Å². The van der Waals surface area contributed by atoms with Crippen LogP contribution < -0.4 is 4.18 Å². The van der Waals surface area contributed by atoms with Gasteiger partial charge in [-0.2, -0.15) is 8.42 Å². The fraction of sp³-hybridized carbons (Fsp3) is 0.211. The molecule has 0 spiro atoms. The van der Waals surface area contributed by atoms with Crippen molar-refractivity contribution in [3.8, 4) is 5.75 Å². The molecule has 0 radical (unpaired) electrons. The number of halogens is 1. The molecule has 2 heterocycles. The van der Waals surface area contributed by atoms with Gasteiger partial charge in [-0.15, -0.1) is 0 Å². The van der Waals surface area contributed by atoms with Gasteiger partial charge in [0.05, 0.1) is 5.69 Å². The van der Waals surface area contributed by atoms with Crippen LogP contribution in [0.5, 0.6) is 5.75 Å². The number of benzene rings is 1. The van der Waals surface area contributed by atoms with E-state index < -0.39 is 15.9 Å². The molecule has 0 N–H and O–H groups in total. The highest BCUT2D eigenvalue weighted by atomic mass is 32.2. The number of carbonyl (C=O) groups is 1. The molecule has 0 amide bonds. The Morgan fingerprint density at radius 3 is 2.54 bits per heavy atom. The van der Waals surface area contributed by atoms with Crippen molar-refractivity contribution < 1.29 is 21.8 Å². The molecule has 146 valence electrons. The molecule has 9 heteroatoms. The lowest BCUT2D eigenvalue weighted by molar-refractivity contribution is 0.111. The van der Waals surface area contributed by atoms with Crippen molar-refractivity contribution in [1.82, 2.24) is 14.5 Å². The summed E-state index contributed by atoms with van der Waals surface area (Å²) >= 11 is 0. The van der Waals surface area contributed by atoms with Crippen LogP contribution in [0.4, 0.5) is 4.39 Å². The van der Waals surface area contributed by atoms with E-state index in [2.05, 4.69) is 9.97 Å². The van der Waals surface area contributed by atoms with Gasteiger partial charge in [-0.25, -0.2) is 9.37 Å². The largest absolute Gasteiger partial charge is 0.378 e. The third kappa shape index (κ3) is 4.09. The molecule has 7 nitrogen and oxygen atoms in total. The van der Waals surface area contributed by atoms with Crippen molar-refractivity contribution in [2.75, 3.05) is 0 Å². The molecule has 0 fully saturated rings. The Kier molecular flexibility index (Phi) is 5.55. The average molecular weight is 403 g/mol. The third-order valence-electron chi connectivity index (χ3n) is 3.98. The zero-order chi connectivity index (χ0) is 20.3. The lowest BCUT2D eigenvalue weighted by Crippen LogP contribution is -2.15. The fourth-order valence-electron chi connectivity index (χ4n) is 2.82. The summed E-state index contributed by atoms with van der Waals surface area (Å²) in [6.45, 7) is 3.82. The minimum absolute atomic E-state index is 0.0399. The number of nitrogens with zero attached hydrogens (tertiary/aromatic N) is 3. The number of rotatable bonds is 7. The van der Waals surface area contributed by atoms with Crippen LogP contribution in [0.3, 0.4) is 0 Å². The van der Waals surface area contributed by atoms with Crippen LogP contribution in [0.1, 0.15) is 41.6 Å². The Morgan fingerprint density at radius 2 is 1.93 bits per heavy atom. The summed E-state index contributed by atoms with van der Waals surface area (Å²) in [7, 11) is -4.38. The topological polar surface area (TPSA) is 91.2 Å². The number of imidazole rings is 1. The minimum atomic E-state index is -4.38. The predicted molar refractivity (Wildman–Crippen MR) is 99.3 cm³/mol. The van der Waals surface area contributed by atoms with Crippen molar-refractivity contribution in [2.45, 2.75) is 31.3 Å². The molecule has 0 bridgehead atoms. The Morgan fingerprint density at radius 1 is 1.21 bits per heavy atom. The summed E-state index contributed by atoms with van der Waals surface area (Å²) in [5.41, 5.74) is 1.16. The van der Waals surface area contributed by atoms with E-state index in [0.29, 0.717) is 12.0 Å². The van der Waals surface area contributed by atoms with Crippen LogP contribution in [0.15, 0.2) is 53.8 Å². The second-order valence-electron chi connectivity index (χ2n) is 6.37. The minimum Gasteiger partial charge on any atom is -0.378 e. The first-order chi connectivity index (χ1) is 13.3. The maximum absolute atomic E-state index is 13.4. The summed E-state index contributed by atoms with van der Waals surface area (Å²) in [5, 5.41) is -0.358. The fourth-order valence-corrected chi connectivity index (χ4v) is 4.06. The molecule has 0 saturated carbocycles. The molecular formula is C19H18FN3O4S. The molecular weight excluding hydrogens is 385 g/mol. The van der Waals surface area contributed by atoms with E-state index >= 15 is 0 Å². The van der Waals surface area contributed by atoms with Crippen molar-refractivity contribution in [3.63, 3.8) is 0 Å². The van der Waals surface area contributed by atoms with Crippen molar-refractivity contribution in [3.05, 3.63) is 71.7 Å². The maximum atomic E-state index is 13.4. The number of aromatic nitrogens is 3. The van der Waals surface area contributed by atoms with Gasteiger partial charge in [0.15, 0.2) is 12.1 Å². The van der Waals surface area contributed by atoms with Crippen LogP contribution in [0.25, 0.3) is 0 Å². The van der Waals surface area contributed by atoms with E-state index in [1.54, 1.807) is 38.4 Å². The van der Waals surface area contributed by atoms with E-state index in [1.165, 1.54) is 22.8 Å². The molecule has 0 aliphatic carbocycles. The van der Waals surface area contributed by atoms with Crippen LogP contribution in [-0.2, 0) is 16.7 Å². The summed E-state index contributed by atoms with van der Waals surface area (Å²) < 4.78 is 45.6. The van der Waals surface area contributed by atoms with Gasteiger partial charge >= 0.3 is 10.1 Å². The lowest BCUT2D eigenvalue weighted by atomic mass is 10.1. The highest BCUT2D eigenvalue weighted by Crippen LogP contribution is 2.28. The Bertz CT molecular complexity index is 1100. The van der Waals surface area contributed by atoms with Gasteiger partial charge in [0, 0.05) is 25.0 Å². The van der Waals surface area contributed by atoms with Crippen LogP contribution in [0, 0.1) is 5.82 Å². The van der Waals surface area contributed by atoms with Crippen molar-refractivity contribution >= 4 is 16.4 Å². The normalized spacial score (nSPS) is 11.6. The molecule has 3 aromatic rings. The highest BCUT2D eigenvalue weighted by molar-refractivity contribution is 7.87. The van der Waals surface area contributed by atoms with Gasteiger partial charge in [-0.05, 0) is 35.7 Å². The number of carbonyl (C=O) groups excluding carboxylic acids is 1. The van der Waals surface area contributed by atoms with E-state index in [1.807, 2.05) is 0 Å². The van der Waals surface area contributed by atoms with E-state index in [-0.39, 0.29) is 29.1 Å². The van der Waals surface area contributed by atoms with E-state index in [0.717, 1.165) is 11.6 Å². The maximum Gasteiger partial charge on any atom is 0.358 e. The highest BCUT2D eigenvalue weighted by Gasteiger charge is 2.30. The Balaban J connectivity index is 2.08. The smallest absolute Gasteiger partial charge is 0.358 e. The standard InChI is InChI=1S/C19H18FN3O4S/c1-13(2)18-19(28(25,26)27-16-5-3-4-15(20)10-16)22-17(12-24)23(18)11-14-6-8-21-9-7-14/h3-10,12-13H,11H2,1-2H3. The van der Waals surface area contributed by atoms with Gasteiger partial charge in [-0.1, -0.05) is 19.9 Å². The van der Waals surface area contributed by atoms with Gasteiger partial charge in [0.2, 0.25) is 5.03 Å². The van der Waals surface area contributed by atoms with Crippen molar-refractivity contribution in [1.29, 1.82) is 0 Å². The van der Waals surface area contributed by atoms with Crippen molar-refractivity contribution in [2.24, 2.45) is 0 Å². The molecule has 0 aliphatic heterocycles. The average Bonchev–Trinajstić information content (AvgIpc) is 3.02. The number of pyridine rings is 1. The molecule has 2 aromatic heterocycles. The molecule has 0 unspecified atom stereocenters. The lowest BCUT2D eigenvalue weighted by Gasteiger charge is -2.14. The third-order valence-corrected chi connectivity index (χ3v) is 5.17. The Hall–Kier alpha value is -3.07. The van der Waals surface area contributed by atoms with Gasteiger partial charge < -0.3 is 8.75 Å². The molecule has 3 rings (SSSR count). The Labute approximate surface area is 162 Å². The van der Waals surface area contributed by atoms with Gasteiger partial charge in [0.25, 0.3) is 0 Å². The summed E-state index contributed by atoms with van der Waals surface area (Å²) in [6, 6.07) is 8.31. The zero-order valence-electron chi connectivity index (χ0n) is 15.2. The van der Waals surface area contributed by atoms with E-state index in [4.69, 9.17) is 4.18 Å². The number of aldehydes is 1. The monoisotopic (exact) mass is 403 g/mol. The number of hydrogen-bond donors (Lipinski definition) is 0. The second-order valence-corrected chi connectivity index (χ2v) is 7.83. The predicted octanol–water partition coefficient (Wildman–Crippen LogP) is 3.17. The molecule has 0 aliphatic rings. The summed E-state index contributed by atoms with van der Waals surface area (Å²) in [5.74, 6) is -1.12. The van der Waals surface area contributed by atoms with Crippen LogP contribution in [0.2, 0.25) is 0 Å². The van der Waals surface area contributed by atoms with Gasteiger partial charge in [0.1, 0.15) is 11.6 Å². The molecule has 0 saturated heterocycles. The SMILES string of the molecule is CC(C)c1c(S(=O)(=O)Oc2cccc(F)c2)nc(C=O)n1Cc1ccncc1. The summed E-state index contributed by atoms with van der Waals surface area (Å²) in [4.78, 5) is 19.5. The quantitative estimate of drug-likeness (QED) is 0.445. The molecule has 28 heavy (non-hydrogen) atoms. The van der Waals surface area contributed by atoms with Crippen LogP contribution >= 0.6 is 0 Å². The first-order valence-electron chi connectivity index (χ1n) is 8.46. The first-order valence-corrected chi connectivity index (χ1v) is 9.87. The van der Waals surface area contributed by atoms with Crippen LogP contribution in [-0.4, -0.2) is 29.2 Å². The second kappa shape index (κ2) is 7.89. The molecule has 1 aromatic carbocycles. The van der Waals surface area contributed by atoms with Gasteiger partial charge in [-0.3, -0.25) is 9.78 Å². The first kappa shape index (κ1) is 19.7. The zero-order valence-corrected chi connectivity index (χ0v) is 16.1. The molecule has 0 atom stereocenters. The summed E-state index contributed by atoms with van der Waals surface area (Å²) in [6.07, 6.45) is 3.70.